The standard InChI is InChI=1S/C17H21N3O3/c1-22-14-11-20(9-8-17(14)7-4-10-23-17)16(21)15-12-5-2-3-6-13(12)18-19-15/h2-3,5-6,14H,4,7-11H2,1H3,(H,18,19)/t14-,17-/m0/s1. The fourth-order valence-corrected chi connectivity index (χ4v) is 3.86. The molecule has 1 aromatic heterocycles. The van der Waals surface area contributed by atoms with Gasteiger partial charge < -0.3 is 14.4 Å². The Kier molecular flexibility index (Phi) is 3.58. The monoisotopic (exact) mass is 315 g/mol. The van der Waals surface area contributed by atoms with E-state index in [-0.39, 0.29) is 17.6 Å². The summed E-state index contributed by atoms with van der Waals surface area (Å²) in [5, 5.41) is 8.02. The van der Waals surface area contributed by atoms with Crippen molar-refractivity contribution in [2.75, 3.05) is 26.8 Å². The fraction of sp³-hybridized carbons (Fsp3) is 0.529. The van der Waals surface area contributed by atoms with Gasteiger partial charge in [0, 0.05) is 25.6 Å². The van der Waals surface area contributed by atoms with E-state index in [9.17, 15) is 4.79 Å². The van der Waals surface area contributed by atoms with E-state index in [2.05, 4.69) is 10.2 Å². The number of para-hydroxylation sites is 1. The number of amides is 1. The van der Waals surface area contributed by atoms with Crippen LogP contribution in [0.3, 0.4) is 0 Å². The molecular formula is C17H21N3O3. The number of nitrogens with one attached hydrogen (secondary N) is 1. The Labute approximate surface area is 134 Å². The van der Waals surface area contributed by atoms with Crippen LogP contribution in [0.2, 0.25) is 0 Å². The third-order valence-corrected chi connectivity index (χ3v) is 5.16. The molecule has 0 unspecified atom stereocenters. The lowest BCUT2D eigenvalue weighted by Crippen LogP contribution is -2.57. The molecule has 1 aromatic carbocycles. The van der Waals surface area contributed by atoms with Crippen molar-refractivity contribution in [3.05, 3.63) is 30.0 Å². The van der Waals surface area contributed by atoms with E-state index >= 15 is 0 Å². The van der Waals surface area contributed by atoms with Crippen LogP contribution in [-0.4, -0.2) is 59.5 Å². The molecule has 6 nitrogen and oxygen atoms in total. The zero-order valence-electron chi connectivity index (χ0n) is 13.2. The van der Waals surface area contributed by atoms with Gasteiger partial charge in [0.2, 0.25) is 0 Å². The van der Waals surface area contributed by atoms with Crippen LogP contribution in [0.5, 0.6) is 0 Å². The van der Waals surface area contributed by atoms with Crippen molar-refractivity contribution < 1.29 is 14.3 Å². The molecule has 3 heterocycles. The molecule has 2 aliphatic rings. The van der Waals surface area contributed by atoms with Crippen LogP contribution < -0.4 is 0 Å². The maximum absolute atomic E-state index is 12.9. The van der Waals surface area contributed by atoms with Gasteiger partial charge in [-0.15, -0.1) is 0 Å². The van der Waals surface area contributed by atoms with Crippen molar-refractivity contribution in [3.8, 4) is 0 Å². The van der Waals surface area contributed by atoms with Gasteiger partial charge in [0.1, 0.15) is 6.10 Å². The summed E-state index contributed by atoms with van der Waals surface area (Å²) in [7, 11) is 1.70. The number of likely N-dealkylation sites (tertiary alicyclic amines) is 1. The third kappa shape index (κ3) is 2.33. The van der Waals surface area contributed by atoms with E-state index in [1.165, 1.54) is 0 Å². The maximum Gasteiger partial charge on any atom is 0.275 e. The highest BCUT2D eigenvalue weighted by atomic mass is 16.5. The van der Waals surface area contributed by atoms with Crippen molar-refractivity contribution in [2.45, 2.75) is 31.0 Å². The smallest absolute Gasteiger partial charge is 0.275 e. The van der Waals surface area contributed by atoms with Gasteiger partial charge in [-0.05, 0) is 25.3 Å². The molecule has 2 atom stereocenters. The Bertz CT molecular complexity index is 721. The quantitative estimate of drug-likeness (QED) is 0.920. The number of aromatic amines is 1. The molecule has 0 bridgehead atoms. The topological polar surface area (TPSA) is 67.5 Å². The second-order valence-corrected chi connectivity index (χ2v) is 6.36. The number of carbonyl (C=O) groups is 1. The number of benzene rings is 1. The number of ether oxygens (including phenoxy) is 2. The Balaban J connectivity index is 1.58. The molecule has 1 N–H and O–H groups in total. The molecule has 122 valence electrons. The van der Waals surface area contributed by atoms with Crippen LogP contribution in [-0.2, 0) is 9.47 Å². The number of fused-ring (bicyclic) bond motifs is 1. The van der Waals surface area contributed by atoms with Gasteiger partial charge in [0.15, 0.2) is 5.69 Å². The first-order chi connectivity index (χ1) is 11.2. The SMILES string of the molecule is CO[C@H]1CN(C(=O)c2n[nH]c3ccccc23)CC[C@@]12CCCO2. The van der Waals surface area contributed by atoms with Gasteiger partial charge in [-0.2, -0.15) is 5.10 Å². The number of piperidine rings is 1. The highest BCUT2D eigenvalue weighted by molar-refractivity contribution is 6.04. The molecule has 1 amide bonds. The normalized spacial score (nSPS) is 27.9. The first-order valence-corrected chi connectivity index (χ1v) is 8.13. The average molecular weight is 315 g/mol. The van der Waals surface area contributed by atoms with Gasteiger partial charge in [-0.25, -0.2) is 0 Å². The van der Waals surface area contributed by atoms with Crippen LogP contribution in [0.4, 0.5) is 0 Å². The number of hydrogen-bond acceptors (Lipinski definition) is 4. The lowest BCUT2D eigenvalue weighted by molar-refractivity contribution is -0.136. The van der Waals surface area contributed by atoms with E-state index in [1.807, 2.05) is 29.2 Å². The Morgan fingerprint density at radius 1 is 1.43 bits per heavy atom. The number of carbonyl (C=O) groups excluding carboxylic acids is 1. The van der Waals surface area contributed by atoms with Crippen molar-refractivity contribution >= 4 is 16.8 Å². The first kappa shape index (κ1) is 14.7. The highest BCUT2D eigenvalue weighted by Crippen LogP contribution is 2.37. The Morgan fingerprint density at radius 3 is 3.09 bits per heavy atom. The van der Waals surface area contributed by atoms with Crippen molar-refractivity contribution in [3.63, 3.8) is 0 Å². The van der Waals surface area contributed by atoms with Crippen LogP contribution in [0.1, 0.15) is 29.8 Å². The minimum atomic E-state index is -0.209. The second-order valence-electron chi connectivity index (χ2n) is 6.36. The Hall–Kier alpha value is -1.92. The zero-order chi connectivity index (χ0) is 15.9. The predicted molar refractivity (Wildman–Crippen MR) is 85.3 cm³/mol. The summed E-state index contributed by atoms with van der Waals surface area (Å²) < 4.78 is 11.7. The fourth-order valence-electron chi connectivity index (χ4n) is 3.86. The summed E-state index contributed by atoms with van der Waals surface area (Å²) in [6.45, 7) is 2.02. The van der Waals surface area contributed by atoms with Crippen molar-refractivity contribution in [1.29, 1.82) is 0 Å². The van der Waals surface area contributed by atoms with Crippen LogP contribution >= 0.6 is 0 Å². The minimum Gasteiger partial charge on any atom is -0.377 e. The summed E-state index contributed by atoms with van der Waals surface area (Å²) in [5.74, 6) is -0.0441. The molecule has 0 saturated carbocycles. The molecule has 1 spiro atoms. The molecule has 23 heavy (non-hydrogen) atoms. The minimum absolute atomic E-state index is 0.0441. The number of H-pyrrole nitrogens is 1. The molecule has 0 aliphatic carbocycles. The lowest BCUT2D eigenvalue weighted by atomic mass is 9.85. The number of hydrogen-bond donors (Lipinski definition) is 1. The molecule has 4 rings (SSSR count). The van der Waals surface area contributed by atoms with Gasteiger partial charge in [-0.3, -0.25) is 9.89 Å². The summed E-state index contributed by atoms with van der Waals surface area (Å²) in [6.07, 6.45) is 2.82. The van der Waals surface area contributed by atoms with E-state index in [0.29, 0.717) is 18.8 Å². The van der Waals surface area contributed by atoms with Gasteiger partial charge in [-0.1, -0.05) is 18.2 Å². The van der Waals surface area contributed by atoms with E-state index < -0.39 is 0 Å². The summed E-state index contributed by atoms with van der Waals surface area (Å²) in [4.78, 5) is 14.7. The lowest BCUT2D eigenvalue weighted by Gasteiger charge is -2.44. The van der Waals surface area contributed by atoms with Crippen LogP contribution in [0.15, 0.2) is 24.3 Å². The summed E-state index contributed by atoms with van der Waals surface area (Å²) in [5.41, 5.74) is 1.16. The number of aromatic nitrogens is 2. The van der Waals surface area contributed by atoms with Crippen LogP contribution in [0.25, 0.3) is 10.9 Å². The molecule has 2 aliphatic heterocycles. The van der Waals surface area contributed by atoms with E-state index in [1.54, 1.807) is 7.11 Å². The second kappa shape index (κ2) is 5.62. The third-order valence-electron chi connectivity index (χ3n) is 5.16. The van der Waals surface area contributed by atoms with Gasteiger partial charge in [0.25, 0.3) is 5.91 Å². The number of rotatable bonds is 2. The molecule has 6 heteroatoms. The first-order valence-electron chi connectivity index (χ1n) is 8.13. The van der Waals surface area contributed by atoms with Gasteiger partial charge in [0.05, 0.1) is 17.7 Å². The van der Waals surface area contributed by atoms with Crippen molar-refractivity contribution in [1.82, 2.24) is 15.1 Å². The maximum atomic E-state index is 12.9. The summed E-state index contributed by atoms with van der Waals surface area (Å²) in [6, 6.07) is 7.70. The number of nitrogens with zero attached hydrogens (tertiary/aromatic N) is 2. The Morgan fingerprint density at radius 2 is 2.30 bits per heavy atom. The molecule has 2 saturated heterocycles. The van der Waals surface area contributed by atoms with Crippen molar-refractivity contribution in [2.24, 2.45) is 0 Å². The predicted octanol–water partition coefficient (Wildman–Crippen LogP) is 1.97. The average Bonchev–Trinajstić information content (AvgIpc) is 3.22. The van der Waals surface area contributed by atoms with E-state index in [4.69, 9.17) is 9.47 Å². The van der Waals surface area contributed by atoms with Gasteiger partial charge >= 0.3 is 0 Å². The highest BCUT2D eigenvalue weighted by Gasteiger charge is 2.47. The van der Waals surface area contributed by atoms with E-state index in [0.717, 1.165) is 36.8 Å². The summed E-state index contributed by atoms with van der Waals surface area (Å²) >= 11 is 0. The molecule has 2 aromatic rings. The largest absolute Gasteiger partial charge is 0.377 e. The molecule has 0 radical (unpaired) electrons. The number of methoxy groups -OCH3 is 1. The van der Waals surface area contributed by atoms with Crippen LogP contribution in [0, 0.1) is 0 Å². The molecule has 2 fully saturated rings. The zero-order valence-corrected chi connectivity index (χ0v) is 13.2. The molecular weight excluding hydrogens is 294 g/mol.